The van der Waals surface area contributed by atoms with Crippen LogP contribution < -0.4 is 16.0 Å². The first-order valence-corrected chi connectivity index (χ1v) is 14.2. The van der Waals surface area contributed by atoms with Crippen molar-refractivity contribution in [1.29, 1.82) is 0 Å². The molecule has 1 aliphatic heterocycles. The zero-order chi connectivity index (χ0) is 28.0. The first kappa shape index (κ1) is 30.1. The van der Waals surface area contributed by atoms with Crippen LogP contribution in [0.25, 0.3) is 0 Å². The summed E-state index contributed by atoms with van der Waals surface area (Å²) in [6.45, 7) is 15.2. The van der Waals surface area contributed by atoms with Crippen LogP contribution in [0.2, 0.25) is 0 Å². The molecule has 3 N–H and O–H groups in total. The molecule has 0 bridgehead atoms. The summed E-state index contributed by atoms with van der Waals surface area (Å²) in [4.78, 5) is 21.8. The van der Waals surface area contributed by atoms with Gasteiger partial charge in [0.25, 0.3) is 0 Å². The van der Waals surface area contributed by atoms with Crippen molar-refractivity contribution in [3.05, 3.63) is 88.9 Å². The Morgan fingerprint density at radius 2 is 1.77 bits per heavy atom. The second kappa shape index (κ2) is 15.9. The van der Waals surface area contributed by atoms with Gasteiger partial charge in [0, 0.05) is 62.9 Å². The normalized spacial score (nSPS) is 16.6. The quantitative estimate of drug-likeness (QED) is 0.183. The first-order valence-electron chi connectivity index (χ1n) is 14.2. The molecule has 7 heteroatoms. The summed E-state index contributed by atoms with van der Waals surface area (Å²) in [7, 11) is 1.85. The highest BCUT2D eigenvalue weighted by molar-refractivity contribution is 5.80. The van der Waals surface area contributed by atoms with Gasteiger partial charge in [-0.15, -0.1) is 0 Å². The number of benzene rings is 1. The average Bonchev–Trinajstić information content (AvgIpc) is 2.96. The molecule has 210 valence electrons. The van der Waals surface area contributed by atoms with Gasteiger partial charge in [-0.05, 0) is 92.6 Å². The second-order valence-corrected chi connectivity index (χ2v) is 10.1. The molecule has 1 aromatic heterocycles. The SMILES string of the molecule is CCc1ccnc(N/C(C)=C/C(/C=C\NC)=C(/C=O)C(C)Nc2ccc(CCN3CCN(CC)CC3)cc2)c1. The van der Waals surface area contributed by atoms with Crippen LogP contribution >= 0.6 is 0 Å². The van der Waals surface area contributed by atoms with E-state index in [9.17, 15) is 4.79 Å². The smallest absolute Gasteiger partial charge is 0.148 e. The third-order valence-electron chi connectivity index (χ3n) is 7.25. The number of aryl methyl sites for hydroxylation is 1. The van der Waals surface area contributed by atoms with Crippen LogP contribution in [0.15, 0.2) is 77.8 Å². The van der Waals surface area contributed by atoms with Crippen molar-refractivity contribution in [2.45, 2.75) is 46.6 Å². The summed E-state index contributed by atoms with van der Waals surface area (Å²) in [6, 6.07) is 12.5. The number of anilines is 2. The molecule has 2 heterocycles. The predicted molar refractivity (Wildman–Crippen MR) is 164 cm³/mol. The fourth-order valence-corrected chi connectivity index (χ4v) is 4.77. The van der Waals surface area contributed by atoms with Crippen molar-refractivity contribution in [1.82, 2.24) is 20.1 Å². The third kappa shape index (κ3) is 9.68. The van der Waals surface area contributed by atoms with Gasteiger partial charge >= 0.3 is 0 Å². The number of carbonyl (C=O) groups excluding carboxylic acids is 1. The number of likely N-dealkylation sites (N-methyl/N-ethyl adjacent to an activating group) is 1. The average molecular weight is 531 g/mol. The summed E-state index contributed by atoms with van der Waals surface area (Å²) in [5.41, 5.74) is 5.96. The van der Waals surface area contributed by atoms with E-state index in [2.05, 4.69) is 68.8 Å². The van der Waals surface area contributed by atoms with Crippen LogP contribution in [0.5, 0.6) is 0 Å². The standard InChI is InChI=1S/C32H46N6O/c1-6-27-12-16-34-32(23-27)35-25(3)22-29(13-15-33-5)31(24-39)26(4)36-30-10-8-28(9-11-30)14-17-38-20-18-37(7-2)19-21-38/h8-13,15-16,22-24,26,33,36H,6-7,14,17-21H2,1-5H3,(H,34,35)/b15-13-,25-22+,31-29-. The van der Waals surface area contributed by atoms with Crippen LogP contribution in [0.3, 0.4) is 0 Å². The van der Waals surface area contributed by atoms with E-state index in [-0.39, 0.29) is 6.04 Å². The Balaban J connectivity index is 1.66. The number of nitrogens with one attached hydrogen (secondary N) is 3. The topological polar surface area (TPSA) is 72.5 Å². The highest BCUT2D eigenvalue weighted by atomic mass is 16.1. The second-order valence-electron chi connectivity index (χ2n) is 10.1. The minimum absolute atomic E-state index is 0.176. The van der Waals surface area contributed by atoms with Crippen LogP contribution in [0.4, 0.5) is 11.5 Å². The maximum atomic E-state index is 12.3. The van der Waals surface area contributed by atoms with Crippen molar-refractivity contribution in [2.75, 3.05) is 56.9 Å². The minimum atomic E-state index is -0.176. The van der Waals surface area contributed by atoms with E-state index in [4.69, 9.17) is 0 Å². The van der Waals surface area contributed by atoms with Gasteiger partial charge in [0.15, 0.2) is 0 Å². The summed E-state index contributed by atoms with van der Waals surface area (Å²) in [5.74, 6) is 0.794. The summed E-state index contributed by atoms with van der Waals surface area (Å²) < 4.78 is 0. The Morgan fingerprint density at radius 3 is 2.41 bits per heavy atom. The molecule has 0 aliphatic carbocycles. The molecule has 1 unspecified atom stereocenters. The highest BCUT2D eigenvalue weighted by Crippen LogP contribution is 2.19. The van der Waals surface area contributed by atoms with Crippen LogP contribution in [-0.4, -0.2) is 73.4 Å². The van der Waals surface area contributed by atoms with Crippen LogP contribution in [-0.2, 0) is 17.6 Å². The molecule has 3 rings (SSSR count). The molecule has 7 nitrogen and oxygen atoms in total. The highest BCUT2D eigenvalue weighted by Gasteiger charge is 2.15. The number of aldehydes is 1. The molecule has 1 saturated heterocycles. The number of piperazine rings is 1. The number of carbonyl (C=O) groups is 1. The Labute approximate surface area is 235 Å². The summed E-state index contributed by atoms with van der Waals surface area (Å²) >= 11 is 0. The van der Waals surface area contributed by atoms with Gasteiger partial charge in [0.1, 0.15) is 12.1 Å². The van der Waals surface area contributed by atoms with Crippen LogP contribution in [0, 0.1) is 0 Å². The van der Waals surface area contributed by atoms with Gasteiger partial charge in [0.2, 0.25) is 0 Å². The van der Waals surface area contributed by atoms with E-state index >= 15 is 0 Å². The molecule has 1 aromatic carbocycles. The molecule has 39 heavy (non-hydrogen) atoms. The summed E-state index contributed by atoms with van der Waals surface area (Å²) in [6.07, 6.45) is 10.5. The first-order chi connectivity index (χ1) is 18.9. The monoisotopic (exact) mass is 530 g/mol. The van der Waals surface area contributed by atoms with Crippen LogP contribution in [0.1, 0.15) is 38.8 Å². The van der Waals surface area contributed by atoms with Crippen molar-refractivity contribution in [3.63, 3.8) is 0 Å². The Hall–Kier alpha value is -3.42. The molecule has 2 aromatic rings. The zero-order valence-corrected chi connectivity index (χ0v) is 24.3. The number of nitrogens with zero attached hydrogens (tertiary/aromatic N) is 3. The van der Waals surface area contributed by atoms with Gasteiger partial charge < -0.3 is 25.8 Å². The van der Waals surface area contributed by atoms with Crippen molar-refractivity contribution in [3.8, 4) is 0 Å². The van der Waals surface area contributed by atoms with E-state index in [0.717, 1.165) is 68.1 Å². The van der Waals surface area contributed by atoms with Gasteiger partial charge in [-0.3, -0.25) is 4.79 Å². The number of aromatic nitrogens is 1. The molecular weight excluding hydrogens is 484 g/mol. The number of hydrogen-bond donors (Lipinski definition) is 3. The lowest BCUT2D eigenvalue weighted by Crippen LogP contribution is -2.46. The lowest BCUT2D eigenvalue weighted by molar-refractivity contribution is -0.105. The molecular formula is C32H46N6O. The molecule has 1 aliphatic rings. The zero-order valence-electron chi connectivity index (χ0n) is 24.3. The molecule has 0 spiro atoms. The lowest BCUT2D eigenvalue weighted by Gasteiger charge is -2.34. The van der Waals surface area contributed by atoms with E-state index in [0.29, 0.717) is 5.57 Å². The van der Waals surface area contributed by atoms with Gasteiger partial charge in [-0.1, -0.05) is 26.0 Å². The molecule has 0 amide bonds. The van der Waals surface area contributed by atoms with E-state index in [1.807, 2.05) is 57.6 Å². The van der Waals surface area contributed by atoms with Crippen molar-refractivity contribution >= 4 is 17.8 Å². The largest absolute Gasteiger partial charge is 0.394 e. The van der Waals surface area contributed by atoms with Gasteiger partial charge in [0.05, 0.1) is 6.04 Å². The number of pyridine rings is 1. The number of hydrogen-bond acceptors (Lipinski definition) is 7. The Morgan fingerprint density at radius 1 is 1.05 bits per heavy atom. The predicted octanol–water partition coefficient (Wildman–Crippen LogP) is 4.87. The number of allylic oxidation sites excluding steroid dienone is 4. The maximum absolute atomic E-state index is 12.3. The van der Waals surface area contributed by atoms with Crippen molar-refractivity contribution < 1.29 is 4.79 Å². The van der Waals surface area contributed by atoms with Gasteiger partial charge in [-0.25, -0.2) is 4.98 Å². The Kier molecular flexibility index (Phi) is 12.3. The molecule has 0 saturated carbocycles. The molecule has 1 fully saturated rings. The van der Waals surface area contributed by atoms with Gasteiger partial charge in [-0.2, -0.15) is 0 Å². The maximum Gasteiger partial charge on any atom is 0.148 e. The lowest BCUT2D eigenvalue weighted by atomic mass is 10.0. The van der Waals surface area contributed by atoms with E-state index in [1.165, 1.54) is 24.2 Å². The van der Waals surface area contributed by atoms with E-state index < -0.39 is 0 Å². The molecule has 1 atom stereocenters. The fraction of sp³-hybridized carbons (Fsp3) is 0.438. The Bertz CT molecular complexity index is 1130. The summed E-state index contributed by atoms with van der Waals surface area (Å²) in [5, 5.41) is 9.90. The number of rotatable bonds is 14. The van der Waals surface area contributed by atoms with E-state index in [1.54, 1.807) is 0 Å². The minimum Gasteiger partial charge on any atom is -0.394 e. The van der Waals surface area contributed by atoms with Crippen molar-refractivity contribution in [2.24, 2.45) is 0 Å². The molecule has 0 radical (unpaired) electrons. The fourth-order valence-electron chi connectivity index (χ4n) is 4.77. The third-order valence-corrected chi connectivity index (χ3v) is 7.25.